The fraction of sp³-hybridized carbons (Fsp3) is 0.950. The lowest BCUT2D eigenvalue weighted by Gasteiger charge is -2.39. The lowest BCUT2D eigenvalue weighted by Crippen LogP contribution is -2.44. The summed E-state index contributed by atoms with van der Waals surface area (Å²) in [5.74, 6) is -0.154. The molecule has 1 atom stereocenters. The van der Waals surface area contributed by atoms with Crippen LogP contribution in [0.3, 0.4) is 0 Å². The van der Waals surface area contributed by atoms with Gasteiger partial charge in [0.1, 0.15) is 0 Å². The Morgan fingerprint density at radius 1 is 0.958 bits per heavy atom. The van der Waals surface area contributed by atoms with Gasteiger partial charge in [-0.25, -0.2) is 0 Å². The first kappa shape index (κ1) is 23.6. The Kier molecular flexibility index (Phi) is 11.9. The quantitative estimate of drug-likeness (QED) is 0.215. The van der Waals surface area contributed by atoms with Crippen LogP contribution in [0.4, 0.5) is 0 Å². The Balaban J connectivity index is 4.26. The van der Waals surface area contributed by atoms with E-state index >= 15 is 0 Å². The van der Waals surface area contributed by atoms with Crippen LogP contribution in [0.2, 0.25) is 18.1 Å². The summed E-state index contributed by atoms with van der Waals surface area (Å²) in [4.78, 5) is 11.7. The Hall–Kier alpha value is -0.353. The second kappa shape index (κ2) is 12.1. The minimum absolute atomic E-state index is 0.0124. The van der Waals surface area contributed by atoms with Crippen LogP contribution in [-0.2, 0) is 14.0 Å². The number of hydrogen-bond donors (Lipinski definition) is 0. The van der Waals surface area contributed by atoms with Gasteiger partial charge in [0.25, 0.3) is 0 Å². The molecule has 0 aromatic carbocycles. The standard InChI is InChI=1S/C20H42O3Si/c1-8-9-10-11-12-13-14-15-16-18(17-19(21)22-5)23-24(6,7)20(2,3)4/h18H,8-17H2,1-7H3/t18-/m1/s1. The molecule has 0 heterocycles. The number of unbranched alkanes of at least 4 members (excludes halogenated alkanes) is 7. The maximum Gasteiger partial charge on any atom is 0.308 e. The molecular formula is C20H42O3Si. The normalized spacial score (nSPS) is 13.8. The number of esters is 1. The first-order chi connectivity index (χ1) is 11.1. The fourth-order valence-corrected chi connectivity index (χ4v) is 3.96. The van der Waals surface area contributed by atoms with E-state index in [1.807, 2.05) is 0 Å². The Labute approximate surface area is 152 Å². The highest BCUT2D eigenvalue weighted by Crippen LogP contribution is 2.38. The van der Waals surface area contributed by atoms with Gasteiger partial charge in [0.05, 0.1) is 19.6 Å². The van der Waals surface area contributed by atoms with Crippen LogP contribution < -0.4 is 0 Å². The second-order valence-corrected chi connectivity index (χ2v) is 13.3. The highest BCUT2D eigenvalue weighted by molar-refractivity contribution is 6.74. The van der Waals surface area contributed by atoms with Gasteiger partial charge in [0, 0.05) is 0 Å². The molecule has 0 bridgehead atoms. The molecule has 0 aliphatic rings. The minimum Gasteiger partial charge on any atom is -0.469 e. The number of carbonyl (C=O) groups excluding carboxylic acids is 1. The van der Waals surface area contributed by atoms with Crippen molar-refractivity contribution in [3.63, 3.8) is 0 Å². The van der Waals surface area contributed by atoms with Crippen LogP contribution >= 0.6 is 0 Å². The second-order valence-electron chi connectivity index (χ2n) is 8.54. The highest BCUT2D eigenvalue weighted by Gasteiger charge is 2.39. The zero-order chi connectivity index (χ0) is 18.6. The summed E-state index contributed by atoms with van der Waals surface area (Å²) in [7, 11) is -0.385. The Morgan fingerprint density at radius 2 is 1.46 bits per heavy atom. The molecule has 0 saturated heterocycles. The van der Waals surface area contributed by atoms with Gasteiger partial charge in [-0.15, -0.1) is 0 Å². The SMILES string of the molecule is CCCCCCCCCC[C@H](CC(=O)OC)O[Si](C)(C)C(C)(C)C. The van der Waals surface area contributed by atoms with E-state index in [2.05, 4.69) is 40.8 Å². The van der Waals surface area contributed by atoms with E-state index in [9.17, 15) is 4.79 Å². The third kappa shape index (κ3) is 10.5. The van der Waals surface area contributed by atoms with Crippen LogP contribution in [0.15, 0.2) is 0 Å². The molecule has 0 radical (unpaired) electrons. The van der Waals surface area contributed by atoms with Crippen LogP contribution in [0.1, 0.15) is 91.9 Å². The first-order valence-electron chi connectivity index (χ1n) is 9.88. The predicted molar refractivity (Wildman–Crippen MR) is 106 cm³/mol. The van der Waals surface area contributed by atoms with Gasteiger partial charge >= 0.3 is 5.97 Å². The van der Waals surface area contributed by atoms with Gasteiger partial charge in [-0.3, -0.25) is 4.79 Å². The van der Waals surface area contributed by atoms with Crippen LogP contribution in [0.25, 0.3) is 0 Å². The van der Waals surface area contributed by atoms with Crippen LogP contribution in [-0.4, -0.2) is 27.5 Å². The van der Waals surface area contributed by atoms with Crippen molar-refractivity contribution in [3.05, 3.63) is 0 Å². The van der Waals surface area contributed by atoms with Crippen LogP contribution in [0, 0.1) is 0 Å². The number of hydrogen-bond acceptors (Lipinski definition) is 3. The summed E-state index contributed by atoms with van der Waals surface area (Å²) < 4.78 is 11.3. The van der Waals surface area contributed by atoms with Crippen molar-refractivity contribution in [2.75, 3.05) is 7.11 Å². The molecule has 0 fully saturated rings. The molecule has 0 rings (SSSR count). The van der Waals surface area contributed by atoms with Crippen molar-refractivity contribution in [1.82, 2.24) is 0 Å². The monoisotopic (exact) mass is 358 g/mol. The van der Waals surface area contributed by atoms with Crippen molar-refractivity contribution < 1.29 is 14.0 Å². The number of carbonyl (C=O) groups is 1. The molecule has 0 N–H and O–H groups in total. The maximum atomic E-state index is 11.7. The third-order valence-corrected chi connectivity index (χ3v) is 9.80. The van der Waals surface area contributed by atoms with Crippen molar-refractivity contribution in [1.29, 1.82) is 0 Å². The topological polar surface area (TPSA) is 35.5 Å². The van der Waals surface area contributed by atoms with E-state index in [4.69, 9.17) is 9.16 Å². The molecule has 144 valence electrons. The average Bonchev–Trinajstić information content (AvgIpc) is 2.48. The van der Waals surface area contributed by atoms with Crippen molar-refractivity contribution >= 4 is 14.3 Å². The minimum atomic E-state index is -1.85. The lowest BCUT2D eigenvalue weighted by atomic mass is 10.0. The highest BCUT2D eigenvalue weighted by atomic mass is 28.4. The average molecular weight is 359 g/mol. The molecule has 0 aliphatic heterocycles. The smallest absolute Gasteiger partial charge is 0.308 e. The summed E-state index contributed by atoms with van der Waals surface area (Å²) >= 11 is 0. The van der Waals surface area contributed by atoms with E-state index in [0.29, 0.717) is 6.42 Å². The van der Waals surface area contributed by atoms with E-state index in [-0.39, 0.29) is 17.1 Å². The Morgan fingerprint density at radius 3 is 1.92 bits per heavy atom. The Bertz CT molecular complexity index is 334. The number of methoxy groups -OCH3 is 1. The third-order valence-electron chi connectivity index (χ3n) is 5.27. The molecule has 4 heteroatoms. The summed E-state index contributed by atoms with van der Waals surface area (Å²) in [6.07, 6.45) is 11.8. The fourth-order valence-electron chi connectivity index (χ4n) is 2.57. The molecule has 0 aromatic rings. The van der Waals surface area contributed by atoms with Gasteiger partial charge in [-0.2, -0.15) is 0 Å². The molecule has 3 nitrogen and oxygen atoms in total. The van der Waals surface area contributed by atoms with Gasteiger partial charge < -0.3 is 9.16 Å². The van der Waals surface area contributed by atoms with Gasteiger partial charge in [0.2, 0.25) is 0 Å². The van der Waals surface area contributed by atoms with E-state index in [0.717, 1.165) is 12.8 Å². The first-order valence-corrected chi connectivity index (χ1v) is 12.8. The molecule has 0 spiro atoms. The van der Waals surface area contributed by atoms with E-state index in [1.165, 1.54) is 52.1 Å². The summed E-state index contributed by atoms with van der Waals surface area (Å²) in [6, 6.07) is 0. The summed E-state index contributed by atoms with van der Waals surface area (Å²) in [6.45, 7) is 13.5. The lowest BCUT2D eigenvalue weighted by molar-refractivity contribution is -0.142. The number of ether oxygens (including phenoxy) is 1. The van der Waals surface area contributed by atoms with E-state index < -0.39 is 8.32 Å². The van der Waals surface area contributed by atoms with Crippen molar-refractivity contribution in [2.24, 2.45) is 0 Å². The summed E-state index contributed by atoms with van der Waals surface area (Å²) in [5, 5.41) is 0.167. The zero-order valence-corrected chi connectivity index (χ0v) is 18.4. The maximum absolute atomic E-state index is 11.7. The zero-order valence-electron chi connectivity index (χ0n) is 17.4. The van der Waals surface area contributed by atoms with Gasteiger partial charge in [-0.1, -0.05) is 79.1 Å². The molecule has 0 aromatic heterocycles. The van der Waals surface area contributed by atoms with Crippen molar-refractivity contribution in [2.45, 2.75) is 116 Å². The molecule has 0 unspecified atom stereocenters. The van der Waals surface area contributed by atoms with Crippen molar-refractivity contribution in [3.8, 4) is 0 Å². The van der Waals surface area contributed by atoms with Gasteiger partial charge in [0.15, 0.2) is 8.32 Å². The van der Waals surface area contributed by atoms with Gasteiger partial charge in [-0.05, 0) is 24.6 Å². The largest absolute Gasteiger partial charge is 0.469 e. The predicted octanol–water partition coefficient (Wildman–Crippen LogP) is 6.47. The van der Waals surface area contributed by atoms with Crippen LogP contribution in [0.5, 0.6) is 0 Å². The van der Waals surface area contributed by atoms with E-state index in [1.54, 1.807) is 0 Å². The molecular weight excluding hydrogens is 316 g/mol. The molecule has 0 aliphatic carbocycles. The number of rotatable bonds is 13. The molecule has 24 heavy (non-hydrogen) atoms. The molecule has 0 amide bonds. The molecule has 0 saturated carbocycles. The summed E-state index contributed by atoms with van der Waals surface area (Å²) in [5.41, 5.74) is 0.